The van der Waals surface area contributed by atoms with Crippen LogP contribution in [0.1, 0.15) is 67.0 Å². The first-order valence-corrected chi connectivity index (χ1v) is 37.9. The molecule has 1 saturated heterocycles. The average Bonchev–Trinajstić information content (AvgIpc) is 0.958. The number of hydrogen-bond donors (Lipinski definition) is 1. The molecule has 0 radical (unpaired) electrons. The number of halogens is 1. The van der Waals surface area contributed by atoms with Gasteiger partial charge in [0.2, 0.25) is 0 Å². The number of aliphatic hydroxyl groups excluding tert-OH is 1. The van der Waals surface area contributed by atoms with Gasteiger partial charge in [0.15, 0.2) is 0 Å². The van der Waals surface area contributed by atoms with E-state index in [1.54, 1.807) is 12.3 Å². The molecule has 0 amide bonds. The fraction of sp³-hybridized carbons (Fsp3) is 0.342. The average molecular weight is 1390 g/mol. The summed E-state index contributed by atoms with van der Waals surface area (Å²) in [5, 5.41) is 15.2. The second-order valence-electron chi connectivity index (χ2n) is 25.0. The Morgan fingerprint density at radius 3 is 1.40 bits per heavy atom. The van der Waals surface area contributed by atoms with E-state index in [0.29, 0.717) is 32.8 Å². The van der Waals surface area contributed by atoms with Crippen LogP contribution in [-0.4, -0.2) is 108 Å². The fourth-order valence-corrected chi connectivity index (χ4v) is 19.8. The molecule has 0 bridgehead atoms. The lowest BCUT2D eigenvalue weighted by molar-refractivity contribution is -0.269. The first-order chi connectivity index (χ1) is 45.8. The van der Waals surface area contributed by atoms with Gasteiger partial charge in [-0.1, -0.05) is 285 Å². The second-order valence-corrected chi connectivity index (χ2v) is 33.2. The summed E-state index contributed by atoms with van der Waals surface area (Å²) in [6, 6.07) is 79.6. The van der Waals surface area contributed by atoms with Crippen LogP contribution in [0.5, 0.6) is 0 Å². The zero-order chi connectivity index (χ0) is 65.6. The van der Waals surface area contributed by atoms with Gasteiger partial charge in [-0.25, -0.2) is 0 Å². The molecular weight excluding hydrogens is 1300 g/mol. The molecule has 11 nitrogen and oxygen atoms in total. The topological polar surface area (TPSA) is 120 Å². The third-order valence-electron chi connectivity index (χ3n) is 17.5. The third-order valence-corrected chi connectivity index (χ3v) is 26.7. The van der Waals surface area contributed by atoms with E-state index in [1.165, 1.54) is 11.8 Å². The Morgan fingerprint density at radius 1 is 0.521 bits per heavy atom. The Balaban J connectivity index is 1.04. The summed E-state index contributed by atoms with van der Waals surface area (Å²) in [7, 11) is -5.01. The maximum absolute atomic E-state index is 15.2. The summed E-state index contributed by atoms with van der Waals surface area (Å²) in [6.07, 6.45) is 4.12. The predicted octanol–water partition coefficient (Wildman–Crippen LogP) is 14.7. The zero-order valence-electron chi connectivity index (χ0n) is 54.4. The van der Waals surface area contributed by atoms with Gasteiger partial charge in [0, 0.05) is 34.6 Å². The van der Waals surface area contributed by atoms with Gasteiger partial charge in [-0.05, 0) is 73.6 Å². The zero-order valence-corrected chi connectivity index (χ0v) is 58.6. The van der Waals surface area contributed by atoms with Crippen molar-refractivity contribution in [2.24, 2.45) is 0 Å². The lowest BCUT2D eigenvalue weighted by atomic mass is 9.89. The molecule has 3 unspecified atom stereocenters. The summed E-state index contributed by atoms with van der Waals surface area (Å²) in [4.78, 5) is 0. The van der Waals surface area contributed by atoms with Gasteiger partial charge in [0.1, 0.15) is 40.7 Å². The molecule has 2 aliphatic rings. The predicted molar refractivity (Wildman–Crippen MR) is 384 cm³/mol. The number of rotatable bonds is 32. The molecule has 494 valence electrons. The number of aliphatic hydroxyl groups is 1. The van der Waals surface area contributed by atoms with Crippen molar-refractivity contribution in [1.82, 2.24) is 0 Å². The first kappa shape index (κ1) is 70.8. The molecule has 0 spiro atoms. The van der Waals surface area contributed by atoms with E-state index in [9.17, 15) is 5.11 Å². The van der Waals surface area contributed by atoms with E-state index in [-0.39, 0.29) is 32.8 Å². The Bertz CT molecular complexity index is 3520. The van der Waals surface area contributed by atoms with Gasteiger partial charge >= 0.3 is 0 Å². The number of thioether (sulfide) groups is 1. The van der Waals surface area contributed by atoms with Gasteiger partial charge < -0.3 is 47.4 Å². The quantitative estimate of drug-likeness (QED) is 0.0245. The van der Waals surface area contributed by atoms with Crippen LogP contribution >= 0.6 is 27.7 Å². The Labute approximate surface area is 572 Å². The normalized spacial score (nSPS) is 22.3. The monoisotopic (exact) mass is 1380 g/mol. The van der Waals surface area contributed by atoms with Crippen molar-refractivity contribution in [2.75, 3.05) is 25.7 Å². The van der Waals surface area contributed by atoms with Crippen molar-refractivity contribution in [1.29, 1.82) is 0 Å². The molecule has 0 aliphatic carbocycles. The van der Waals surface area contributed by atoms with E-state index >= 15 is 4.21 Å². The van der Waals surface area contributed by atoms with Crippen LogP contribution in [0.25, 0.3) is 0 Å². The highest BCUT2D eigenvalue weighted by Gasteiger charge is 2.55. The fourth-order valence-electron chi connectivity index (χ4n) is 12.5. The molecule has 1 N–H and O–H groups in total. The standard InChI is InChI=1S/C79H89BrO11S2Si/c1-78(2,3)94(66-37-23-11-24-38-66,67-39-25-12-26-40-67)91-70-46-45-68(85-54-61-31-17-8-18-32-61)73(58-84-53-60-29-15-7-16-30-60)89-69(70)47-48-74(81)79(92-4,93(5)82)51-72-76(87-57-64-41-43-65(80)44-42-64)77(88-56-63-35-21-10-22-36-63)75(86-55-62-33-19-9-20-34-62)71(90-72)49-50-83-52-59-27-13-6-14-28-59/h6-48,68-77,81H,49-58H2,1-5H3/b48-47-/t68-,69-,70+,71-,72+,73+,74?,75-,76+,77+,79?,93?/m0/s1. The summed E-state index contributed by atoms with van der Waals surface area (Å²) in [5.41, 5.74) is 5.99. The highest BCUT2D eigenvalue weighted by Crippen LogP contribution is 2.44. The SMILES string of the molecule is CSC(C[C@H]1O[C@@H](CCOCc2ccccc2)[C@H](OCc2ccccc2)[C@@H](OCc2ccccc2)[C@@H]1OCc1ccc(Br)cc1)(C(O)/C=C\[C@@H]1O[C@H](COCc2ccccc2)[C@@H](OCc2ccccc2)C=C[C@H]1O[Si](c1ccccc1)(c1ccccc1)C(C)(C)C)S(C)=O. The molecule has 94 heavy (non-hydrogen) atoms. The van der Waals surface area contributed by atoms with Gasteiger partial charge in [-0.2, -0.15) is 0 Å². The van der Waals surface area contributed by atoms with Crippen LogP contribution in [0.2, 0.25) is 5.04 Å². The van der Waals surface area contributed by atoms with Crippen LogP contribution in [0.4, 0.5) is 0 Å². The van der Waals surface area contributed by atoms with Gasteiger partial charge in [-0.3, -0.25) is 4.21 Å². The molecule has 12 atom stereocenters. The number of ether oxygens (including phenoxy) is 8. The second kappa shape index (κ2) is 35.3. The summed E-state index contributed by atoms with van der Waals surface area (Å²) in [5.74, 6) is 0. The van der Waals surface area contributed by atoms with Crippen molar-refractivity contribution in [2.45, 2.75) is 143 Å². The van der Waals surface area contributed by atoms with Crippen LogP contribution in [-0.2, 0) is 92.8 Å². The van der Waals surface area contributed by atoms with Crippen molar-refractivity contribution < 1.29 is 51.6 Å². The molecule has 0 aromatic heterocycles. The van der Waals surface area contributed by atoms with Gasteiger partial charge in [0.25, 0.3) is 8.32 Å². The van der Waals surface area contributed by atoms with Gasteiger partial charge in [0.05, 0.1) is 70.7 Å². The van der Waals surface area contributed by atoms with E-state index < -0.39 is 89.3 Å². The van der Waals surface area contributed by atoms with Crippen LogP contribution in [0.15, 0.2) is 265 Å². The molecule has 8 aromatic rings. The first-order valence-electron chi connectivity index (χ1n) is 32.4. The van der Waals surface area contributed by atoms with Crippen molar-refractivity contribution in [3.8, 4) is 0 Å². The maximum Gasteiger partial charge on any atom is 0.262 e. The molecule has 1 fully saturated rings. The molecule has 2 heterocycles. The molecule has 15 heteroatoms. The molecule has 10 rings (SSSR count). The van der Waals surface area contributed by atoms with Crippen LogP contribution in [0, 0.1) is 0 Å². The minimum absolute atomic E-state index is 0.0739. The number of hydrogen-bond acceptors (Lipinski definition) is 12. The Kier molecular flexibility index (Phi) is 26.6. The van der Waals surface area contributed by atoms with E-state index in [1.807, 2.05) is 200 Å². The number of benzene rings is 8. The van der Waals surface area contributed by atoms with E-state index in [2.05, 4.69) is 97.4 Å². The smallest absolute Gasteiger partial charge is 0.262 e. The summed E-state index contributed by atoms with van der Waals surface area (Å²) < 4.78 is 79.0. The highest BCUT2D eigenvalue weighted by atomic mass is 79.9. The molecule has 2 aliphatic heterocycles. The molecular formula is C79H89BrO11S2Si. The lowest BCUT2D eigenvalue weighted by Gasteiger charge is -2.49. The lowest BCUT2D eigenvalue weighted by Crippen LogP contribution is -2.68. The Hall–Kier alpha value is -5.96. The van der Waals surface area contributed by atoms with E-state index in [4.69, 9.17) is 42.3 Å². The Morgan fingerprint density at radius 2 is 0.936 bits per heavy atom. The van der Waals surface area contributed by atoms with Crippen molar-refractivity contribution in [3.63, 3.8) is 0 Å². The summed E-state index contributed by atoms with van der Waals surface area (Å²) >= 11 is 4.96. The maximum atomic E-state index is 15.2. The largest absolute Gasteiger partial charge is 0.398 e. The highest BCUT2D eigenvalue weighted by molar-refractivity contribution is 9.10. The van der Waals surface area contributed by atoms with Crippen molar-refractivity contribution >= 4 is 57.2 Å². The van der Waals surface area contributed by atoms with Crippen LogP contribution in [0.3, 0.4) is 0 Å². The van der Waals surface area contributed by atoms with E-state index in [0.717, 1.165) is 48.2 Å². The molecule has 0 saturated carbocycles. The molecule has 8 aromatic carbocycles. The minimum atomic E-state index is -3.29. The summed E-state index contributed by atoms with van der Waals surface area (Å²) in [6.45, 7) is 9.10. The van der Waals surface area contributed by atoms with Gasteiger partial charge in [-0.15, -0.1) is 11.8 Å². The van der Waals surface area contributed by atoms with Crippen LogP contribution < -0.4 is 10.4 Å². The third kappa shape index (κ3) is 19.0. The minimum Gasteiger partial charge on any atom is -0.398 e. The van der Waals surface area contributed by atoms with Crippen molar-refractivity contribution in [3.05, 3.63) is 299 Å².